The van der Waals surface area contributed by atoms with Crippen LogP contribution in [0.15, 0.2) is 15.7 Å². The molecule has 2 saturated heterocycles. The van der Waals surface area contributed by atoms with E-state index in [9.17, 15) is 14.4 Å². The van der Waals surface area contributed by atoms with E-state index >= 15 is 0 Å². The van der Waals surface area contributed by atoms with Crippen LogP contribution in [0.25, 0.3) is 0 Å². The van der Waals surface area contributed by atoms with E-state index < -0.39 is 0 Å². The number of carbonyl (C=O) groups excluding carboxylic acids is 1. The number of hydrogen-bond donors (Lipinski definition) is 0. The third kappa shape index (κ3) is 4.34. The summed E-state index contributed by atoms with van der Waals surface area (Å²) in [6.07, 6.45) is 6.79. The molecule has 0 spiro atoms. The van der Waals surface area contributed by atoms with E-state index in [0.717, 1.165) is 55.6 Å². The van der Waals surface area contributed by atoms with Gasteiger partial charge in [-0.25, -0.2) is 4.79 Å². The highest BCUT2D eigenvalue weighted by Gasteiger charge is 2.32. The molecule has 2 fully saturated rings. The van der Waals surface area contributed by atoms with Gasteiger partial charge in [-0.15, -0.1) is 0 Å². The summed E-state index contributed by atoms with van der Waals surface area (Å²) in [6, 6.07) is 1.94. The molecule has 0 aliphatic carbocycles. The predicted molar refractivity (Wildman–Crippen MR) is 105 cm³/mol. The number of amides is 1. The van der Waals surface area contributed by atoms with Crippen LogP contribution >= 0.6 is 0 Å². The van der Waals surface area contributed by atoms with Crippen LogP contribution in [0.4, 0.5) is 0 Å². The van der Waals surface area contributed by atoms with Crippen LogP contribution in [0.2, 0.25) is 0 Å². The second-order valence-corrected chi connectivity index (χ2v) is 8.12. The van der Waals surface area contributed by atoms with Gasteiger partial charge in [0.1, 0.15) is 0 Å². The molecule has 1 amide bonds. The Kier molecular flexibility index (Phi) is 6.19. The maximum Gasteiger partial charge on any atom is 0.330 e. The summed E-state index contributed by atoms with van der Waals surface area (Å²) >= 11 is 0. The molecule has 7 heteroatoms. The molecule has 150 valence electrons. The van der Waals surface area contributed by atoms with E-state index in [2.05, 4.69) is 9.80 Å². The summed E-state index contributed by atoms with van der Waals surface area (Å²) in [7, 11) is 3.23. The molecule has 1 aromatic heterocycles. The Morgan fingerprint density at radius 3 is 2.37 bits per heavy atom. The first kappa shape index (κ1) is 19.9. The van der Waals surface area contributed by atoms with Crippen LogP contribution in [0.3, 0.4) is 0 Å². The van der Waals surface area contributed by atoms with E-state index in [0.29, 0.717) is 18.5 Å². The van der Waals surface area contributed by atoms with Crippen LogP contribution in [-0.4, -0.2) is 50.5 Å². The Morgan fingerprint density at radius 1 is 1.00 bits per heavy atom. The lowest BCUT2D eigenvalue weighted by molar-refractivity contribution is -0.132. The molecule has 0 N–H and O–H groups in total. The molecule has 1 atom stereocenters. The second-order valence-electron chi connectivity index (χ2n) is 8.12. The SMILES string of the molecule is CC(=O)N1CCCCCC1C1CCN(Cc2cc(=O)n(C)c(=O)n2C)CC1. The van der Waals surface area contributed by atoms with Crippen molar-refractivity contribution in [1.82, 2.24) is 18.9 Å². The van der Waals surface area contributed by atoms with Gasteiger partial charge in [-0.3, -0.25) is 23.6 Å². The summed E-state index contributed by atoms with van der Waals surface area (Å²) in [5.74, 6) is 0.759. The number of nitrogens with zero attached hydrogens (tertiary/aromatic N) is 4. The largest absolute Gasteiger partial charge is 0.340 e. The van der Waals surface area contributed by atoms with Gasteiger partial charge in [0.15, 0.2) is 0 Å². The van der Waals surface area contributed by atoms with Gasteiger partial charge in [-0.2, -0.15) is 0 Å². The molecule has 2 aliphatic heterocycles. The first-order valence-corrected chi connectivity index (χ1v) is 10.1. The first-order valence-electron chi connectivity index (χ1n) is 10.1. The predicted octanol–water partition coefficient (Wildman–Crippen LogP) is 1.09. The topological polar surface area (TPSA) is 67.6 Å². The molecule has 0 saturated carbocycles. The van der Waals surface area contributed by atoms with Crippen molar-refractivity contribution in [3.63, 3.8) is 0 Å². The molecular weight excluding hydrogens is 344 g/mol. The molecule has 3 rings (SSSR count). The van der Waals surface area contributed by atoms with Crippen LogP contribution in [0.5, 0.6) is 0 Å². The Bertz CT molecular complexity index is 789. The van der Waals surface area contributed by atoms with Crippen molar-refractivity contribution in [3.05, 3.63) is 32.6 Å². The highest BCUT2D eigenvalue weighted by molar-refractivity contribution is 5.73. The van der Waals surface area contributed by atoms with Gasteiger partial charge in [0.2, 0.25) is 5.91 Å². The third-order valence-electron chi connectivity index (χ3n) is 6.39. The van der Waals surface area contributed by atoms with Crippen molar-refractivity contribution in [2.45, 2.75) is 58.0 Å². The van der Waals surface area contributed by atoms with Gasteiger partial charge in [0, 0.05) is 51.9 Å². The van der Waals surface area contributed by atoms with Gasteiger partial charge in [-0.05, 0) is 44.7 Å². The summed E-state index contributed by atoms with van der Waals surface area (Å²) in [6.45, 7) is 5.10. The molecule has 0 radical (unpaired) electrons. The van der Waals surface area contributed by atoms with Crippen molar-refractivity contribution < 1.29 is 4.79 Å². The Morgan fingerprint density at radius 2 is 1.70 bits per heavy atom. The zero-order chi connectivity index (χ0) is 19.6. The van der Waals surface area contributed by atoms with Crippen molar-refractivity contribution in [3.8, 4) is 0 Å². The maximum absolute atomic E-state index is 12.1. The highest BCUT2D eigenvalue weighted by atomic mass is 16.2. The van der Waals surface area contributed by atoms with E-state index in [1.807, 2.05) is 0 Å². The number of piperidine rings is 1. The van der Waals surface area contributed by atoms with Crippen molar-refractivity contribution in [2.24, 2.45) is 20.0 Å². The average Bonchev–Trinajstić information content (AvgIpc) is 2.91. The minimum atomic E-state index is -0.275. The molecule has 7 nitrogen and oxygen atoms in total. The van der Waals surface area contributed by atoms with Gasteiger partial charge in [0.25, 0.3) is 5.56 Å². The van der Waals surface area contributed by atoms with E-state index in [4.69, 9.17) is 0 Å². The van der Waals surface area contributed by atoms with Gasteiger partial charge >= 0.3 is 5.69 Å². The minimum absolute atomic E-state index is 0.208. The van der Waals surface area contributed by atoms with Crippen LogP contribution in [-0.2, 0) is 25.4 Å². The van der Waals surface area contributed by atoms with Gasteiger partial charge in [-0.1, -0.05) is 12.8 Å². The van der Waals surface area contributed by atoms with Crippen LogP contribution < -0.4 is 11.2 Å². The normalized spacial score (nSPS) is 22.6. The molecule has 0 aromatic carbocycles. The standard InChI is InChI=1S/C20H32N4O3/c1-15(25)24-10-6-4-5-7-18(24)16-8-11-23(12-9-16)14-17-13-19(26)22(3)20(27)21(17)2/h13,16,18H,4-12,14H2,1-3H3. The van der Waals surface area contributed by atoms with Crippen molar-refractivity contribution >= 4 is 5.91 Å². The summed E-state index contributed by atoms with van der Waals surface area (Å²) < 4.78 is 2.70. The van der Waals surface area contributed by atoms with E-state index in [1.54, 1.807) is 24.6 Å². The number of hydrogen-bond acceptors (Lipinski definition) is 4. The first-order chi connectivity index (χ1) is 12.9. The molecular formula is C20H32N4O3. The molecule has 2 aliphatic rings. The van der Waals surface area contributed by atoms with Gasteiger partial charge < -0.3 is 4.90 Å². The number of aromatic nitrogens is 2. The lowest BCUT2D eigenvalue weighted by Gasteiger charge is -2.40. The fourth-order valence-corrected chi connectivity index (χ4v) is 4.67. The van der Waals surface area contributed by atoms with Crippen molar-refractivity contribution in [2.75, 3.05) is 19.6 Å². The van der Waals surface area contributed by atoms with Crippen LogP contribution in [0, 0.1) is 5.92 Å². The third-order valence-corrected chi connectivity index (χ3v) is 6.39. The number of likely N-dealkylation sites (tertiary alicyclic amines) is 2. The lowest BCUT2D eigenvalue weighted by atomic mass is 9.86. The molecule has 1 unspecified atom stereocenters. The number of carbonyl (C=O) groups is 1. The maximum atomic E-state index is 12.1. The second kappa shape index (κ2) is 8.42. The van der Waals surface area contributed by atoms with Crippen molar-refractivity contribution in [1.29, 1.82) is 0 Å². The molecule has 3 heterocycles. The summed E-state index contributed by atoms with van der Waals surface area (Å²) in [4.78, 5) is 40.6. The van der Waals surface area contributed by atoms with Gasteiger partial charge in [0.05, 0.1) is 0 Å². The molecule has 1 aromatic rings. The smallest absolute Gasteiger partial charge is 0.330 e. The van der Waals surface area contributed by atoms with E-state index in [1.165, 1.54) is 19.9 Å². The highest BCUT2D eigenvalue weighted by Crippen LogP contribution is 2.30. The molecule has 27 heavy (non-hydrogen) atoms. The number of rotatable bonds is 3. The summed E-state index contributed by atoms with van der Waals surface area (Å²) in [5, 5.41) is 0. The van der Waals surface area contributed by atoms with Crippen LogP contribution in [0.1, 0.15) is 51.1 Å². The fraction of sp³-hybridized carbons (Fsp3) is 0.750. The quantitative estimate of drug-likeness (QED) is 0.792. The minimum Gasteiger partial charge on any atom is -0.340 e. The Balaban J connectivity index is 1.64. The zero-order valence-electron chi connectivity index (χ0n) is 16.8. The Labute approximate surface area is 160 Å². The fourth-order valence-electron chi connectivity index (χ4n) is 4.67. The molecule has 0 bridgehead atoms. The lowest BCUT2D eigenvalue weighted by Crippen LogP contribution is -2.47. The Hall–Kier alpha value is -1.89. The van der Waals surface area contributed by atoms with E-state index in [-0.39, 0.29) is 17.2 Å². The zero-order valence-corrected chi connectivity index (χ0v) is 16.8. The monoisotopic (exact) mass is 376 g/mol. The summed E-state index contributed by atoms with van der Waals surface area (Å²) in [5.41, 5.74) is 0.239. The average molecular weight is 377 g/mol.